The van der Waals surface area contributed by atoms with Gasteiger partial charge in [-0.05, 0) is 18.2 Å². The summed E-state index contributed by atoms with van der Waals surface area (Å²) < 4.78 is 5.10. The topological polar surface area (TPSA) is 29.5 Å². The average Bonchev–Trinajstić information content (AvgIpc) is 2.16. The van der Waals surface area contributed by atoms with Gasteiger partial charge in [0.05, 0.1) is 12.8 Å². The Morgan fingerprint density at radius 3 is 2.85 bits per heavy atom. The van der Waals surface area contributed by atoms with Crippen molar-refractivity contribution in [3.63, 3.8) is 0 Å². The Morgan fingerprint density at radius 2 is 2.31 bits per heavy atom. The molecular formula is C10H12NO2. The molecule has 1 amide bonds. The van der Waals surface area contributed by atoms with Gasteiger partial charge in [-0.25, -0.2) is 0 Å². The van der Waals surface area contributed by atoms with Gasteiger partial charge in [0.15, 0.2) is 0 Å². The summed E-state index contributed by atoms with van der Waals surface area (Å²) in [6.07, 6.45) is 0. The maximum absolute atomic E-state index is 11.1. The van der Waals surface area contributed by atoms with E-state index in [9.17, 15) is 4.79 Å². The lowest BCUT2D eigenvalue weighted by Gasteiger charge is -2.17. The molecule has 0 saturated carbocycles. The third kappa shape index (κ3) is 1.99. The first-order valence-corrected chi connectivity index (χ1v) is 3.95. The van der Waals surface area contributed by atoms with Crippen LogP contribution in [0.2, 0.25) is 0 Å². The van der Waals surface area contributed by atoms with Crippen LogP contribution in [0.3, 0.4) is 0 Å². The van der Waals surface area contributed by atoms with E-state index >= 15 is 0 Å². The van der Waals surface area contributed by atoms with E-state index in [0.29, 0.717) is 5.75 Å². The van der Waals surface area contributed by atoms with Crippen molar-refractivity contribution >= 4 is 11.6 Å². The molecule has 0 aromatic heterocycles. The highest BCUT2D eigenvalue weighted by molar-refractivity contribution is 5.92. The van der Waals surface area contributed by atoms with Gasteiger partial charge < -0.3 is 9.64 Å². The molecule has 1 aromatic rings. The van der Waals surface area contributed by atoms with Crippen LogP contribution in [0, 0.1) is 6.07 Å². The molecule has 0 aliphatic carbocycles. The summed E-state index contributed by atoms with van der Waals surface area (Å²) in [6, 6.07) is 8.14. The van der Waals surface area contributed by atoms with Crippen LogP contribution in [0.4, 0.5) is 5.69 Å². The lowest BCUT2D eigenvalue weighted by atomic mass is 10.2. The van der Waals surface area contributed by atoms with E-state index < -0.39 is 0 Å². The monoisotopic (exact) mass is 178 g/mol. The second kappa shape index (κ2) is 3.94. The maximum atomic E-state index is 11.1. The molecule has 0 fully saturated rings. The van der Waals surface area contributed by atoms with Gasteiger partial charge in [-0.1, -0.05) is 6.07 Å². The molecule has 69 valence electrons. The number of anilines is 1. The van der Waals surface area contributed by atoms with E-state index in [-0.39, 0.29) is 5.91 Å². The predicted molar refractivity (Wildman–Crippen MR) is 50.9 cm³/mol. The summed E-state index contributed by atoms with van der Waals surface area (Å²) in [4.78, 5) is 12.6. The highest BCUT2D eigenvalue weighted by Gasteiger charge is 2.09. The number of benzene rings is 1. The fourth-order valence-corrected chi connectivity index (χ4v) is 1.01. The molecule has 13 heavy (non-hydrogen) atoms. The molecule has 1 radical (unpaired) electrons. The first-order valence-electron chi connectivity index (χ1n) is 3.95. The average molecular weight is 178 g/mol. The van der Waals surface area contributed by atoms with Gasteiger partial charge in [0.1, 0.15) is 5.75 Å². The van der Waals surface area contributed by atoms with E-state index in [2.05, 4.69) is 6.07 Å². The minimum Gasteiger partial charge on any atom is -0.495 e. The molecule has 1 aromatic carbocycles. The molecule has 0 saturated heterocycles. The number of nitrogens with zero attached hydrogens (tertiary/aromatic N) is 1. The van der Waals surface area contributed by atoms with Crippen LogP contribution in [0.5, 0.6) is 5.75 Å². The van der Waals surface area contributed by atoms with E-state index in [1.165, 1.54) is 11.8 Å². The van der Waals surface area contributed by atoms with E-state index in [4.69, 9.17) is 4.74 Å². The Hall–Kier alpha value is -1.51. The number of hydrogen-bond acceptors (Lipinski definition) is 2. The van der Waals surface area contributed by atoms with Gasteiger partial charge in [-0.15, -0.1) is 0 Å². The van der Waals surface area contributed by atoms with Crippen molar-refractivity contribution < 1.29 is 9.53 Å². The standard InChI is InChI=1S/C10H12NO2/c1-8(12)11(2)9-6-4-5-7-10(9)13-3/h5-7H,1-3H3. The van der Waals surface area contributed by atoms with Crippen molar-refractivity contribution in [3.8, 4) is 5.75 Å². The lowest BCUT2D eigenvalue weighted by Crippen LogP contribution is -2.23. The van der Waals surface area contributed by atoms with Crippen LogP contribution >= 0.6 is 0 Å². The SMILES string of the molecule is COc1cc[c]cc1N(C)C(C)=O. The highest BCUT2D eigenvalue weighted by Crippen LogP contribution is 2.25. The number of rotatable bonds is 2. The van der Waals surface area contributed by atoms with Crippen molar-refractivity contribution in [1.82, 2.24) is 0 Å². The molecule has 0 N–H and O–H groups in total. The molecule has 1 rings (SSSR count). The number of amides is 1. The zero-order valence-electron chi connectivity index (χ0n) is 8.00. The molecule has 0 bridgehead atoms. The summed E-state index contributed by atoms with van der Waals surface area (Å²) >= 11 is 0. The number of ether oxygens (including phenoxy) is 1. The smallest absolute Gasteiger partial charge is 0.223 e. The van der Waals surface area contributed by atoms with Gasteiger partial charge in [0.25, 0.3) is 0 Å². The summed E-state index contributed by atoms with van der Waals surface area (Å²) in [5.74, 6) is 0.648. The third-order valence-electron chi connectivity index (χ3n) is 1.86. The second-order valence-corrected chi connectivity index (χ2v) is 2.68. The van der Waals surface area contributed by atoms with Gasteiger partial charge in [-0.2, -0.15) is 0 Å². The largest absolute Gasteiger partial charge is 0.495 e. The molecule has 0 unspecified atom stereocenters. The number of methoxy groups -OCH3 is 1. The first-order chi connectivity index (χ1) is 6.16. The number of hydrogen-bond donors (Lipinski definition) is 0. The maximum Gasteiger partial charge on any atom is 0.223 e. The van der Waals surface area contributed by atoms with Crippen molar-refractivity contribution in [3.05, 3.63) is 24.3 Å². The lowest BCUT2D eigenvalue weighted by molar-refractivity contribution is -0.116. The van der Waals surface area contributed by atoms with Crippen LogP contribution in [0.15, 0.2) is 18.2 Å². The zero-order chi connectivity index (χ0) is 9.84. The molecule has 0 spiro atoms. The molecule has 0 atom stereocenters. The fraction of sp³-hybridized carbons (Fsp3) is 0.300. The predicted octanol–water partition coefficient (Wildman–Crippen LogP) is 1.48. The van der Waals surface area contributed by atoms with Gasteiger partial charge in [0.2, 0.25) is 5.91 Å². The molecule has 0 aliphatic rings. The van der Waals surface area contributed by atoms with Crippen LogP contribution in [0.1, 0.15) is 6.92 Å². The summed E-state index contributed by atoms with van der Waals surface area (Å²) in [5.41, 5.74) is 0.734. The van der Waals surface area contributed by atoms with Crippen LogP contribution in [0.25, 0.3) is 0 Å². The number of carbonyl (C=O) groups is 1. The highest BCUT2D eigenvalue weighted by atomic mass is 16.5. The van der Waals surface area contributed by atoms with Gasteiger partial charge >= 0.3 is 0 Å². The molecular weight excluding hydrogens is 166 g/mol. The third-order valence-corrected chi connectivity index (χ3v) is 1.86. The first kappa shape index (κ1) is 9.58. The Kier molecular flexibility index (Phi) is 2.90. The molecule has 3 heteroatoms. The molecule has 3 nitrogen and oxygen atoms in total. The van der Waals surface area contributed by atoms with Crippen molar-refractivity contribution in [2.45, 2.75) is 6.92 Å². The Morgan fingerprint density at radius 1 is 1.62 bits per heavy atom. The van der Waals surface area contributed by atoms with E-state index in [1.54, 1.807) is 32.4 Å². The zero-order valence-corrected chi connectivity index (χ0v) is 8.00. The summed E-state index contributed by atoms with van der Waals surface area (Å²) in [6.45, 7) is 1.51. The van der Waals surface area contributed by atoms with E-state index in [1.807, 2.05) is 0 Å². The Bertz CT molecular complexity index is 310. The Balaban J connectivity index is 3.05. The molecule has 0 aliphatic heterocycles. The normalized spacial score (nSPS) is 9.46. The van der Waals surface area contributed by atoms with Crippen LogP contribution in [-0.4, -0.2) is 20.1 Å². The van der Waals surface area contributed by atoms with Gasteiger partial charge in [0, 0.05) is 14.0 Å². The van der Waals surface area contributed by atoms with Crippen molar-refractivity contribution in [2.75, 3.05) is 19.1 Å². The van der Waals surface area contributed by atoms with Crippen LogP contribution < -0.4 is 9.64 Å². The molecule has 0 heterocycles. The minimum absolute atomic E-state index is 0.0297. The second-order valence-electron chi connectivity index (χ2n) is 2.68. The Labute approximate surface area is 77.9 Å². The minimum atomic E-state index is -0.0297. The van der Waals surface area contributed by atoms with Crippen molar-refractivity contribution in [2.24, 2.45) is 0 Å². The number of carbonyl (C=O) groups excluding carboxylic acids is 1. The van der Waals surface area contributed by atoms with Gasteiger partial charge in [-0.3, -0.25) is 4.79 Å². The van der Waals surface area contributed by atoms with E-state index in [0.717, 1.165) is 5.69 Å². The fourth-order valence-electron chi connectivity index (χ4n) is 1.01. The van der Waals surface area contributed by atoms with Crippen molar-refractivity contribution in [1.29, 1.82) is 0 Å². The van der Waals surface area contributed by atoms with Crippen LogP contribution in [-0.2, 0) is 4.79 Å². The quantitative estimate of drug-likeness (QED) is 0.686. The summed E-state index contributed by atoms with van der Waals surface area (Å²) in [5, 5.41) is 0. The summed E-state index contributed by atoms with van der Waals surface area (Å²) in [7, 11) is 3.28.